The van der Waals surface area contributed by atoms with E-state index in [0.29, 0.717) is 50.1 Å². The number of halogens is 1. The highest BCUT2D eigenvalue weighted by atomic mass is 35.5. The number of guanidine groups is 1. The van der Waals surface area contributed by atoms with E-state index in [2.05, 4.69) is 30.6 Å². The Labute approximate surface area is 222 Å². The molecule has 13 nitrogen and oxygen atoms in total. The molecule has 2 fully saturated rings. The van der Waals surface area contributed by atoms with E-state index in [9.17, 15) is 14.4 Å². The lowest BCUT2D eigenvalue weighted by atomic mass is 9.88. The Balaban J connectivity index is 1.30. The summed E-state index contributed by atoms with van der Waals surface area (Å²) in [6, 6.07) is 3.50. The average Bonchev–Trinajstić information content (AvgIpc) is 3.27. The average molecular weight is 539 g/mol. The maximum Gasteiger partial charge on any atom is 0.302 e. The Kier molecular flexibility index (Phi) is 6.39. The molecular weight excluding hydrogens is 512 g/mol. The van der Waals surface area contributed by atoms with E-state index < -0.39 is 11.4 Å². The zero-order valence-corrected chi connectivity index (χ0v) is 21.7. The zero-order chi connectivity index (χ0) is 27.2. The van der Waals surface area contributed by atoms with E-state index in [0.717, 1.165) is 5.69 Å². The number of aromatic nitrogens is 4. The van der Waals surface area contributed by atoms with Crippen molar-refractivity contribution in [3.63, 3.8) is 0 Å². The van der Waals surface area contributed by atoms with Gasteiger partial charge in [-0.25, -0.2) is 15.0 Å². The predicted octanol–water partition coefficient (Wildman–Crippen LogP) is 0.697. The number of anilines is 2. The zero-order valence-electron chi connectivity index (χ0n) is 20.9. The molecule has 14 heteroatoms. The van der Waals surface area contributed by atoms with Crippen LogP contribution in [0, 0.1) is 6.92 Å². The molecule has 0 saturated carbocycles. The summed E-state index contributed by atoms with van der Waals surface area (Å²) in [6.07, 6.45) is 2.78. The first-order valence-corrected chi connectivity index (χ1v) is 12.5. The van der Waals surface area contributed by atoms with Gasteiger partial charge in [0.2, 0.25) is 5.43 Å². The van der Waals surface area contributed by atoms with E-state index in [1.165, 1.54) is 0 Å². The van der Waals surface area contributed by atoms with Crippen LogP contribution in [0.2, 0.25) is 5.15 Å². The minimum absolute atomic E-state index is 0.0742. The largest absolute Gasteiger partial charge is 0.382 e. The van der Waals surface area contributed by atoms with E-state index in [4.69, 9.17) is 23.1 Å². The second-order valence-electron chi connectivity index (χ2n) is 9.43. The van der Waals surface area contributed by atoms with Gasteiger partial charge in [-0.1, -0.05) is 11.6 Å². The monoisotopic (exact) mass is 538 g/mol. The number of likely N-dealkylation sites (tertiary alicyclic amines) is 1. The molecule has 2 saturated heterocycles. The minimum Gasteiger partial charge on any atom is -0.382 e. The van der Waals surface area contributed by atoms with Gasteiger partial charge in [-0.3, -0.25) is 14.4 Å². The van der Waals surface area contributed by atoms with Crippen molar-refractivity contribution >= 4 is 52.0 Å². The van der Waals surface area contributed by atoms with Gasteiger partial charge in [-0.05, 0) is 38.8 Å². The Bertz CT molecular complexity index is 1560. The van der Waals surface area contributed by atoms with E-state index in [1.54, 1.807) is 23.2 Å². The van der Waals surface area contributed by atoms with Gasteiger partial charge >= 0.3 is 5.91 Å². The standard InChI is InChI=1S/C24H27ClN10O3/c1-3-34-10-14(16(36)13-5-4-12(2)29-20(13)34)22(38)35-8-6-24(7-9-35)11-28-23(33-24)32-21(37)15-18(26)31-19(27)17(25)30-15/h4-5,10H,3,6-9,11H2,1-2H3,(H4,26,27,31)(H2,28,32,33,37). The molecule has 0 unspecified atom stereocenters. The summed E-state index contributed by atoms with van der Waals surface area (Å²) in [5.74, 6) is -0.993. The van der Waals surface area contributed by atoms with Crippen LogP contribution in [0.15, 0.2) is 28.1 Å². The number of nitrogens with two attached hydrogens (primary N) is 2. The molecule has 0 aromatic carbocycles. The fourth-order valence-electron chi connectivity index (χ4n) is 4.78. The van der Waals surface area contributed by atoms with Crippen molar-refractivity contribution in [3.8, 4) is 0 Å². The van der Waals surface area contributed by atoms with Gasteiger partial charge < -0.3 is 31.6 Å². The quantitative estimate of drug-likeness (QED) is 0.369. The fraction of sp³-hybridized carbons (Fsp3) is 0.375. The number of nitrogen functional groups attached to an aromatic ring is 2. The van der Waals surface area contributed by atoms with Crippen molar-refractivity contribution < 1.29 is 9.59 Å². The Morgan fingerprint density at radius 1 is 1.16 bits per heavy atom. The number of pyridine rings is 2. The van der Waals surface area contributed by atoms with Crippen molar-refractivity contribution in [2.45, 2.75) is 38.8 Å². The number of carbonyl (C=O) groups excluding carboxylic acids is 2. The van der Waals surface area contributed by atoms with E-state index in [-0.39, 0.29) is 45.3 Å². The highest BCUT2D eigenvalue weighted by molar-refractivity contribution is 6.31. The summed E-state index contributed by atoms with van der Waals surface area (Å²) in [5.41, 5.74) is 11.9. The Morgan fingerprint density at radius 3 is 2.61 bits per heavy atom. The molecule has 3 aromatic rings. The van der Waals surface area contributed by atoms with Crippen molar-refractivity contribution in [2.75, 3.05) is 31.1 Å². The number of amides is 2. The summed E-state index contributed by atoms with van der Waals surface area (Å²) >= 11 is 5.87. The maximum atomic E-state index is 13.4. The minimum atomic E-state index is -0.718. The number of hydrogen-bond donors (Lipinski definition) is 4. The number of piperidine rings is 1. The molecule has 2 aliphatic rings. The SMILES string of the molecule is CCn1cc(C(=O)N2CCC3(CC2)CN/C(=N\C(=O)c2nc(Cl)c(N)nc2N)N3)c(=O)c2ccc(C)nc21. The molecule has 2 amide bonds. The Morgan fingerprint density at radius 2 is 1.89 bits per heavy atom. The lowest BCUT2D eigenvalue weighted by molar-refractivity contribution is 0.0667. The lowest BCUT2D eigenvalue weighted by Crippen LogP contribution is -2.54. The number of nitrogens with one attached hydrogen (secondary N) is 2. The van der Waals surface area contributed by atoms with E-state index >= 15 is 0 Å². The number of aryl methyl sites for hydroxylation is 2. The summed E-state index contributed by atoms with van der Waals surface area (Å²) in [7, 11) is 0. The molecule has 1 spiro atoms. The highest BCUT2D eigenvalue weighted by Crippen LogP contribution is 2.26. The molecule has 6 N–H and O–H groups in total. The molecule has 0 radical (unpaired) electrons. The van der Waals surface area contributed by atoms with Crippen molar-refractivity contribution in [1.82, 2.24) is 35.1 Å². The first-order valence-electron chi connectivity index (χ1n) is 12.1. The van der Waals surface area contributed by atoms with Gasteiger partial charge in [0, 0.05) is 38.1 Å². The molecule has 5 rings (SSSR count). The van der Waals surface area contributed by atoms with Crippen LogP contribution in [0.4, 0.5) is 11.6 Å². The third-order valence-electron chi connectivity index (χ3n) is 6.94. The van der Waals surface area contributed by atoms with Crippen LogP contribution in [0.25, 0.3) is 11.0 Å². The third-order valence-corrected chi connectivity index (χ3v) is 7.22. The van der Waals surface area contributed by atoms with Gasteiger partial charge in [0.15, 0.2) is 28.4 Å². The summed E-state index contributed by atoms with van der Waals surface area (Å²) in [6.45, 7) is 5.74. The number of nitrogens with zero attached hydrogens (tertiary/aromatic N) is 6. The Hall–Kier alpha value is -4.26. The van der Waals surface area contributed by atoms with Crippen LogP contribution in [0.5, 0.6) is 0 Å². The number of rotatable bonds is 3. The molecular formula is C24H27ClN10O3. The second-order valence-corrected chi connectivity index (χ2v) is 9.79. The van der Waals surface area contributed by atoms with Crippen LogP contribution in [-0.2, 0) is 6.54 Å². The second kappa shape index (κ2) is 9.56. The smallest absolute Gasteiger partial charge is 0.302 e. The van der Waals surface area contributed by atoms with Crippen LogP contribution < -0.4 is 27.5 Å². The van der Waals surface area contributed by atoms with Crippen LogP contribution >= 0.6 is 11.6 Å². The fourth-order valence-corrected chi connectivity index (χ4v) is 4.90. The number of hydrogen-bond acceptors (Lipinski definition) is 8. The molecule has 0 bridgehead atoms. The molecule has 2 aliphatic heterocycles. The topological polar surface area (TPSA) is 187 Å². The first kappa shape index (κ1) is 25.4. The number of fused-ring (bicyclic) bond motifs is 1. The predicted molar refractivity (Wildman–Crippen MR) is 143 cm³/mol. The number of aliphatic imine (C=N–C) groups is 1. The molecule has 5 heterocycles. The van der Waals surface area contributed by atoms with Gasteiger partial charge in [0.05, 0.1) is 10.9 Å². The van der Waals surface area contributed by atoms with Crippen LogP contribution in [-0.4, -0.2) is 67.4 Å². The van der Waals surface area contributed by atoms with Gasteiger partial charge in [-0.15, -0.1) is 0 Å². The molecule has 0 aliphatic carbocycles. The van der Waals surface area contributed by atoms with Crippen molar-refractivity contribution in [3.05, 3.63) is 50.7 Å². The molecule has 198 valence electrons. The lowest BCUT2D eigenvalue weighted by Gasteiger charge is -2.38. The van der Waals surface area contributed by atoms with Gasteiger partial charge in [0.25, 0.3) is 5.91 Å². The van der Waals surface area contributed by atoms with Crippen molar-refractivity contribution in [2.24, 2.45) is 4.99 Å². The summed E-state index contributed by atoms with van der Waals surface area (Å²) in [4.78, 5) is 57.1. The summed E-state index contributed by atoms with van der Waals surface area (Å²) < 4.78 is 1.83. The van der Waals surface area contributed by atoms with Crippen LogP contribution in [0.3, 0.4) is 0 Å². The maximum absolute atomic E-state index is 13.4. The third kappa shape index (κ3) is 4.49. The summed E-state index contributed by atoms with van der Waals surface area (Å²) in [5, 5.41) is 6.66. The van der Waals surface area contributed by atoms with Gasteiger partial charge in [0.1, 0.15) is 11.2 Å². The van der Waals surface area contributed by atoms with Crippen molar-refractivity contribution in [1.29, 1.82) is 0 Å². The normalized spacial score (nSPS) is 17.6. The highest BCUT2D eigenvalue weighted by Gasteiger charge is 2.41. The molecule has 38 heavy (non-hydrogen) atoms. The van der Waals surface area contributed by atoms with E-state index in [1.807, 2.05) is 18.4 Å². The van der Waals surface area contributed by atoms with Gasteiger partial charge in [-0.2, -0.15) is 4.99 Å². The first-order chi connectivity index (χ1) is 18.1. The number of carbonyl (C=O) groups is 2. The van der Waals surface area contributed by atoms with Crippen LogP contribution in [0.1, 0.15) is 46.3 Å². The molecule has 3 aromatic heterocycles. The molecule has 0 atom stereocenters.